The molecule has 0 aromatic carbocycles. The summed E-state index contributed by atoms with van der Waals surface area (Å²) in [6.07, 6.45) is 11.5. The number of carbonyl (C=O) groups is 1. The maximum Gasteiger partial charge on any atom is 0.182 e. The molecule has 0 amide bonds. The fraction of sp³-hybridized carbons (Fsp3) is 0.815. The number of rotatable bonds is 5. The lowest BCUT2D eigenvalue weighted by molar-refractivity contribution is -0.113. The molecule has 2 saturated carbocycles. The molecule has 2 fully saturated rings. The van der Waals surface area contributed by atoms with Crippen LogP contribution in [0.4, 0.5) is 0 Å². The van der Waals surface area contributed by atoms with E-state index in [1.54, 1.807) is 0 Å². The fourth-order valence-corrected chi connectivity index (χ4v) is 7.37. The van der Waals surface area contributed by atoms with Gasteiger partial charge in [0.15, 0.2) is 5.78 Å². The number of fused-ring (bicyclic) bond motifs is 4. The van der Waals surface area contributed by atoms with Gasteiger partial charge in [-0.05, 0) is 80.1 Å². The van der Waals surface area contributed by atoms with E-state index in [0.717, 1.165) is 55.6 Å². The van der Waals surface area contributed by atoms with Crippen LogP contribution in [-0.2, 0) is 4.79 Å². The number of hydrogen-bond donors (Lipinski definition) is 1. The van der Waals surface area contributed by atoms with Gasteiger partial charge >= 0.3 is 0 Å². The zero-order valence-electron chi connectivity index (χ0n) is 20.3. The second-order valence-electron chi connectivity index (χ2n) is 11.5. The second-order valence-corrected chi connectivity index (χ2v) is 11.5. The van der Waals surface area contributed by atoms with Crippen molar-refractivity contribution >= 4 is 5.78 Å². The molecule has 4 aliphatic carbocycles. The van der Waals surface area contributed by atoms with Crippen LogP contribution >= 0.6 is 0 Å². The van der Waals surface area contributed by atoms with Gasteiger partial charge in [-0.3, -0.25) is 4.79 Å². The SMILES string of the molecule is [2H][C@@]12CC[C@H]([C@H](C)CCCC(C)C)[C@@]1(C)CCC1=C2C(=O)C=C2C[C@@H](O)CC[C@@]21C. The molecule has 1 N–H and O–H groups in total. The van der Waals surface area contributed by atoms with Crippen LogP contribution in [0.15, 0.2) is 22.8 Å². The predicted octanol–water partition coefficient (Wildman–Crippen LogP) is 6.63. The Morgan fingerprint density at radius 1 is 1.17 bits per heavy atom. The van der Waals surface area contributed by atoms with Gasteiger partial charge in [0.05, 0.1) is 6.10 Å². The zero-order valence-corrected chi connectivity index (χ0v) is 19.3. The Labute approximate surface area is 179 Å². The van der Waals surface area contributed by atoms with Crippen LogP contribution in [0, 0.1) is 34.5 Å². The third kappa shape index (κ3) is 3.48. The summed E-state index contributed by atoms with van der Waals surface area (Å²) in [5.41, 5.74) is 3.02. The van der Waals surface area contributed by atoms with Gasteiger partial charge in [-0.2, -0.15) is 0 Å². The highest BCUT2D eigenvalue weighted by Crippen LogP contribution is 2.64. The molecular formula is C27H42O2. The molecule has 29 heavy (non-hydrogen) atoms. The molecule has 162 valence electrons. The van der Waals surface area contributed by atoms with Crippen molar-refractivity contribution in [3.8, 4) is 0 Å². The molecule has 4 aliphatic rings. The topological polar surface area (TPSA) is 37.3 Å². The Morgan fingerprint density at radius 3 is 2.66 bits per heavy atom. The van der Waals surface area contributed by atoms with Crippen LogP contribution in [0.3, 0.4) is 0 Å². The number of allylic oxidation sites excluding steroid dienone is 3. The summed E-state index contributed by atoms with van der Waals surface area (Å²) in [6.45, 7) is 11.6. The Balaban J connectivity index is 1.65. The van der Waals surface area contributed by atoms with E-state index in [1.807, 2.05) is 6.08 Å². The quantitative estimate of drug-likeness (QED) is 0.563. The van der Waals surface area contributed by atoms with Gasteiger partial charge in [-0.1, -0.05) is 65.0 Å². The van der Waals surface area contributed by atoms with Crippen molar-refractivity contribution in [3.63, 3.8) is 0 Å². The molecule has 6 atom stereocenters. The van der Waals surface area contributed by atoms with E-state index in [0.29, 0.717) is 18.3 Å². The largest absolute Gasteiger partial charge is 0.393 e. The molecule has 0 aromatic heterocycles. The minimum Gasteiger partial charge on any atom is -0.393 e. The Morgan fingerprint density at radius 2 is 1.93 bits per heavy atom. The minimum absolute atomic E-state index is 0.0839. The molecule has 0 spiro atoms. The summed E-state index contributed by atoms with van der Waals surface area (Å²) in [6, 6.07) is 0. The molecular weight excluding hydrogens is 356 g/mol. The first-order chi connectivity index (χ1) is 14.0. The van der Waals surface area contributed by atoms with Gasteiger partial charge in [0.1, 0.15) is 0 Å². The minimum atomic E-state index is -0.740. The van der Waals surface area contributed by atoms with Crippen molar-refractivity contribution < 1.29 is 11.3 Å². The molecule has 2 heteroatoms. The van der Waals surface area contributed by atoms with E-state index in [-0.39, 0.29) is 22.7 Å². The third-order valence-electron chi connectivity index (χ3n) is 9.20. The normalized spacial score (nSPS) is 43.5. The molecule has 0 unspecified atom stereocenters. The first kappa shape index (κ1) is 20.0. The highest BCUT2D eigenvalue weighted by Gasteiger charge is 2.56. The molecule has 0 heterocycles. The number of ketones is 1. The van der Waals surface area contributed by atoms with Crippen LogP contribution in [0.1, 0.15) is 100 Å². The number of aliphatic hydroxyl groups is 1. The summed E-state index contributed by atoms with van der Waals surface area (Å²) in [5.74, 6) is 1.25. The number of hydrogen-bond acceptors (Lipinski definition) is 2. The molecule has 0 aliphatic heterocycles. The van der Waals surface area contributed by atoms with Crippen molar-refractivity contribution in [2.24, 2.45) is 34.5 Å². The average molecular weight is 400 g/mol. The lowest BCUT2D eigenvalue weighted by atomic mass is 9.53. The van der Waals surface area contributed by atoms with Crippen LogP contribution in [0.5, 0.6) is 0 Å². The summed E-state index contributed by atoms with van der Waals surface area (Å²) in [7, 11) is 0. The van der Waals surface area contributed by atoms with E-state index in [1.165, 1.54) is 24.8 Å². The number of aliphatic hydroxyl groups excluding tert-OH is 1. The first-order valence-electron chi connectivity index (χ1n) is 12.7. The van der Waals surface area contributed by atoms with Crippen molar-refractivity contribution in [2.75, 3.05) is 0 Å². The van der Waals surface area contributed by atoms with Gasteiger partial charge in [0.2, 0.25) is 0 Å². The van der Waals surface area contributed by atoms with Crippen LogP contribution in [0.25, 0.3) is 0 Å². The molecule has 2 nitrogen and oxygen atoms in total. The summed E-state index contributed by atoms with van der Waals surface area (Å²) in [5, 5.41) is 10.2. The standard InChI is InChI=1S/C27H42O2/c1-17(2)7-6-8-18(3)21-9-10-22-25-23(12-14-27(21,22)5)26(4)13-11-20(28)15-19(26)16-24(25)29/h16-18,20-22,28H,6-15H2,1-5H3/t18-,20+,21-,22+,26+,27-/m1/s1/i22D. The monoisotopic (exact) mass is 399 g/mol. The summed E-state index contributed by atoms with van der Waals surface area (Å²) in [4.78, 5) is 13.4. The van der Waals surface area contributed by atoms with Crippen molar-refractivity contribution in [1.82, 2.24) is 0 Å². The van der Waals surface area contributed by atoms with Crippen LogP contribution < -0.4 is 0 Å². The Bertz CT molecular complexity index is 780. The maximum atomic E-state index is 13.4. The highest BCUT2D eigenvalue weighted by atomic mass is 16.3. The first-order valence-corrected chi connectivity index (χ1v) is 12.2. The Kier molecular flexibility index (Phi) is 5.29. The molecule has 4 rings (SSSR count). The Hall–Kier alpha value is -0.890. The van der Waals surface area contributed by atoms with Gasteiger partial charge in [-0.25, -0.2) is 0 Å². The van der Waals surface area contributed by atoms with Gasteiger partial charge < -0.3 is 5.11 Å². The smallest absolute Gasteiger partial charge is 0.182 e. The molecule has 0 radical (unpaired) electrons. The second kappa shape index (κ2) is 7.66. The van der Waals surface area contributed by atoms with E-state index in [9.17, 15) is 11.3 Å². The highest BCUT2D eigenvalue weighted by molar-refractivity contribution is 6.07. The van der Waals surface area contributed by atoms with E-state index >= 15 is 0 Å². The molecule has 0 bridgehead atoms. The van der Waals surface area contributed by atoms with Crippen molar-refractivity contribution in [1.29, 1.82) is 0 Å². The number of carbonyl (C=O) groups excluding carboxylic acids is 1. The van der Waals surface area contributed by atoms with E-state index in [4.69, 9.17) is 0 Å². The van der Waals surface area contributed by atoms with E-state index < -0.39 is 5.89 Å². The average Bonchev–Trinajstić information content (AvgIpc) is 2.94. The van der Waals surface area contributed by atoms with E-state index in [2.05, 4.69) is 34.6 Å². The van der Waals surface area contributed by atoms with Gasteiger partial charge in [-0.15, -0.1) is 0 Å². The lowest BCUT2D eigenvalue weighted by Gasteiger charge is -2.51. The van der Waals surface area contributed by atoms with Crippen molar-refractivity contribution in [2.45, 2.75) is 105 Å². The molecule has 0 saturated heterocycles. The third-order valence-corrected chi connectivity index (χ3v) is 9.20. The predicted molar refractivity (Wildman–Crippen MR) is 119 cm³/mol. The maximum absolute atomic E-state index is 13.4. The van der Waals surface area contributed by atoms with Crippen LogP contribution in [-0.4, -0.2) is 17.0 Å². The molecule has 0 aromatic rings. The lowest BCUT2D eigenvalue weighted by Crippen LogP contribution is -2.44. The van der Waals surface area contributed by atoms with Crippen molar-refractivity contribution in [3.05, 3.63) is 22.8 Å². The van der Waals surface area contributed by atoms with Gasteiger partial charge in [0, 0.05) is 12.4 Å². The summed E-state index contributed by atoms with van der Waals surface area (Å²) < 4.78 is 9.73. The fourth-order valence-electron chi connectivity index (χ4n) is 7.37. The summed E-state index contributed by atoms with van der Waals surface area (Å²) >= 11 is 0. The zero-order chi connectivity index (χ0) is 21.9. The van der Waals surface area contributed by atoms with Crippen LogP contribution in [0.2, 0.25) is 0 Å². The van der Waals surface area contributed by atoms with Gasteiger partial charge in [0.25, 0.3) is 0 Å².